The highest BCUT2D eigenvalue weighted by atomic mass is 32.2. The number of benzene rings is 2. The second-order valence-electron chi connectivity index (χ2n) is 4.56. The highest BCUT2D eigenvalue weighted by Gasteiger charge is 2.16. The monoisotopic (exact) mass is 309 g/mol. The van der Waals surface area contributed by atoms with Crippen molar-refractivity contribution >= 4 is 20.8 Å². The zero-order valence-corrected chi connectivity index (χ0v) is 12.5. The molecule has 0 amide bonds. The summed E-state index contributed by atoms with van der Waals surface area (Å²) in [5.74, 6) is 0. The van der Waals surface area contributed by atoms with E-state index in [0.29, 0.717) is 25.0 Å². The topological polar surface area (TPSA) is 75.6 Å². The van der Waals surface area contributed by atoms with Gasteiger partial charge in [0.05, 0.1) is 18.1 Å². The summed E-state index contributed by atoms with van der Waals surface area (Å²) in [4.78, 5) is 0.289. The minimum atomic E-state index is -3.53. The maximum absolute atomic E-state index is 12.3. The van der Waals surface area contributed by atoms with Gasteiger partial charge in [0.1, 0.15) is 0 Å². The van der Waals surface area contributed by atoms with Crippen molar-refractivity contribution in [3.63, 3.8) is 0 Å². The molecule has 0 unspecified atom stereocenters. The van der Waals surface area contributed by atoms with Gasteiger partial charge in [0, 0.05) is 18.5 Å². The average Bonchev–Trinajstić information content (AvgIpc) is 2.50. The molecule has 0 fully saturated rings. The van der Waals surface area contributed by atoms with Crippen molar-refractivity contribution in [2.75, 3.05) is 26.4 Å². The van der Waals surface area contributed by atoms with E-state index in [2.05, 4.69) is 4.72 Å². The standard InChI is InChI=1S/C15H19NO4S/c17-10-12-20-11-4-9-16-21(18,19)15-8-3-6-13-5-1-2-7-14(13)15/h1-3,5-8,16-17H,4,9-12H2. The van der Waals surface area contributed by atoms with Crippen LogP contribution in [0.15, 0.2) is 47.4 Å². The van der Waals surface area contributed by atoms with Crippen LogP contribution < -0.4 is 4.72 Å². The number of aliphatic hydroxyl groups excluding tert-OH is 1. The molecule has 0 radical (unpaired) electrons. The third-order valence-electron chi connectivity index (χ3n) is 3.03. The first kappa shape index (κ1) is 15.9. The van der Waals surface area contributed by atoms with Crippen molar-refractivity contribution in [2.45, 2.75) is 11.3 Å². The molecule has 0 saturated carbocycles. The highest BCUT2D eigenvalue weighted by Crippen LogP contribution is 2.22. The van der Waals surface area contributed by atoms with Crippen LogP contribution in [0.4, 0.5) is 0 Å². The lowest BCUT2D eigenvalue weighted by Gasteiger charge is -2.09. The number of sulfonamides is 1. The Morgan fingerprint density at radius 1 is 1.05 bits per heavy atom. The van der Waals surface area contributed by atoms with Gasteiger partial charge in [0.25, 0.3) is 0 Å². The summed E-state index contributed by atoms with van der Waals surface area (Å²) in [6.45, 7) is 0.966. The van der Waals surface area contributed by atoms with E-state index in [1.807, 2.05) is 24.3 Å². The van der Waals surface area contributed by atoms with Gasteiger partial charge in [-0.2, -0.15) is 0 Å². The van der Waals surface area contributed by atoms with Crippen LogP contribution in [0.1, 0.15) is 6.42 Å². The first-order valence-electron chi connectivity index (χ1n) is 6.81. The first-order valence-corrected chi connectivity index (χ1v) is 8.29. The van der Waals surface area contributed by atoms with Crippen LogP contribution in [0.3, 0.4) is 0 Å². The summed E-state index contributed by atoms with van der Waals surface area (Å²) in [6, 6.07) is 12.6. The third kappa shape index (κ3) is 4.25. The maximum Gasteiger partial charge on any atom is 0.241 e. The van der Waals surface area contributed by atoms with Crippen molar-refractivity contribution in [3.8, 4) is 0 Å². The molecule has 0 aromatic heterocycles. The molecule has 2 rings (SSSR count). The number of hydrogen-bond acceptors (Lipinski definition) is 4. The fourth-order valence-electron chi connectivity index (χ4n) is 2.06. The molecule has 0 aliphatic rings. The second-order valence-corrected chi connectivity index (χ2v) is 6.30. The number of hydrogen-bond donors (Lipinski definition) is 2. The molecule has 21 heavy (non-hydrogen) atoms. The van der Waals surface area contributed by atoms with Crippen molar-refractivity contribution in [2.24, 2.45) is 0 Å². The van der Waals surface area contributed by atoms with Crippen LogP contribution >= 0.6 is 0 Å². The van der Waals surface area contributed by atoms with Gasteiger partial charge in [-0.05, 0) is 17.9 Å². The van der Waals surface area contributed by atoms with Crippen LogP contribution in [0.2, 0.25) is 0 Å². The predicted molar refractivity (Wildman–Crippen MR) is 81.7 cm³/mol. The molecule has 0 aliphatic heterocycles. The molecule has 2 aromatic carbocycles. The Hall–Kier alpha value is -1.47. The van der Waals surface area contributed by atoms with E-state index in [1.54, 1.807) is 18.2 Å². The Bertz CT molecular complexity index is 680. The fraction of sp³-hybridized carbons (Fsp3) is 0.333. The normalized spacial score (nSPS) is 11.9. The van der Waals surface area contributed by atoms with Crippen LogP contribution in [0.25, 0.3) is 10.8 Å². The molecule has 0 saturated heterocycles. The van der Waals surface area contributed by atoms with E-state index in [0.717, 1.165) is 5.39 Å². The quantitative estimate of drug-likeness (QED) is 0.725. The third-order valence-corrected chi connectivity index (χ3v) is 4.55. The summed E-state index contributed by atoms with van der Waals surface area (Å²) in [5, 5.41) is 10.2. The maximum atomic E-state index is 12.3. The summed E-state index contributed by atoms with van der Waals surface area (Å²) in [5.41, 5.74) is 0. The van der Waals surface area contributed by atoms with E-state index in [-0.39, 0.29) is 18.1 Å². The largest absolute Gasteiger partial charge is 0.394 e. The zero-order valence-electron chi connectivity index (χ0n) is 11.7. The summed E-state index contributed by atoms with van der Waals surface area (Å²) in [6.07, 6.45) is 0.560. The average molecular weight is 309 g/mol. The van der Waals surface area contributed by atoms with Crippen molar-refractivity contribution < 1.29 is 18.3 Å². The minimum absolute atomic E-state index is 0.0261. The number of rotatable bonds is 8. The van der Waals surface area contributed by atoms with Gasteiger partial charge < -0.3 is 9.84 Å². The van der Waals surface area contributed by atoms with Gasteiger partial charge in [-0.25, -0.2) is 13.1 Å². The minimum Gasteiger partial charge on any atom is -0.394 e. The number of ether oxygens (including phenoxy) is 1. The van der Waals surface area contributed by atoms with E-state index in [9.17, 15) is 8.42 Å². The summed E-state index contributed by atoms with van der Waals surface area (Å²) < 4.78 is 32.3. The molecule has 2 N–H and O–H groups in total. The van der Waals surface area contributed by atoms with Crippen LogP contribution in [0, 0.1) is 0 Å². The molecule has 0 heterocycles. The molecule has 5 nitrogen and oxygen atoms in total. The van der Waals surface area contributed by atoms with Gasteiger partial charge >= 0.3 is 0 Å². The Labute approximate surface area is 124 Å². The SMILES string of the molecule is O=S(=O)(NCCCOCCO)c1cccc2ccccc12. The van der Waals surface area contributed by atoms with Crippen molar-refractivity contribution in [3.05, 3.63) is 42.5 Å². The summed E-state index contributed by atoms with van der Waals surface area (Å²) >= 11 is 0. The van der Waals surface area contributed by atoms with Crippen molar-refractivity contribution in [1.29, 1.82) is 0 Å². The molecule has 0 atom stereocenters. The van der Waals surface area contributed by atoms with Gasteiger partial charge in [0.2, 0.25) is 10.0 Å². The molecular weight excluding hydrogens is 290 g/mol. The highest BCUT2D eigenvalue weighted by molar-refractivity contribution is 7.89. The molecule has 0 spiro atoms. The number of nitrogens with one attached hydrogen (secondary N) is 1. The zero-order chi connectivity index (χ0) is 15.1. The predicted octanol–water partition coefficient (Wildman–Crippen LogP) is 1.52. The molecular formula is C15H19NO4S. The molecule has 114 valence electrons. The smallest absolute Gasteiger partial charge is 0.241 e. The lowest BCUT2D eigenvalue weighted by Crippen LogP contribution is -2.25. The van der Waals surface area contributed by atoms with Gasteiger partial charge in [0.15, 0.2) is 0 Å². The lowest BCUT2D eigenvalue weighted by atomic mass is 10.1. The van der Waals surface area contributed by atoms with Gasteiger partial charge in [-0.15, -0.1) is 0 Å². The van der Waals surface area contributed by atoms with Crippen LogP contribution in [0.5, 0.6) is 0 Å². The van der Waals surface area contributed by atoms with Gasteiger partial charge in [-0.1, -0.05) is 36.4 Å². The van der Waals surface area contributed by atoms with Gasteiger partial charge in [-0.3, -0.25) is 0 Å². The molecule has 2 aromatic rings. The van der Waals surface area contributed by atoms with Crippen molar-refractivity contribution in [1.82, 2.24) is 4.72 Å². The van der Waals surface area contributed by atoms with E-state index in [1.165, 1.54) is 0 Å². The van der Waals surface area contributed by atoms with E-state index < -0.39 is 10.0 Å². The first-order chi connectivity index (χ1) is 10.1. The number of aliphatic hydroxyl groups is 1. The molecule has 6 heteroatoms. The number of fused-ring (bicyclic) bond motifs is 1. The molecule has 0 bridgehead atoms. The Morgan fingerprint density at radius 3 is 2.62 bits per heavy atom. The Morgan fingerprint density at radius 2 is 1.81 bits per heavy atom. The van der Waals surface area contributed by atoms with Crippen LogP contribution in [-0.2, 0) is 14.8 Å². The fourth-order valence-corrected chi connectivity index (χ4v) is 3.36. The second kappa shape index (κ2) is 7.51. The Balaban J connectivity index is 2.05. The van der Waals surface area contributed by atoms with Crippen LogP contribution in [-0.4, -0.2) is 39.9 Å². The molecule has 0 aliphatic carbocycles. The van der Waals surface area contributed by atoms with E-state index in [4.69, 9.17) is 9.84 Å². The van der Waals surface area contributed by atoms with E-state index >= 15 is 0 Å². The Kier molecular flexibility index (Phi) is 5.69. The summed E-state index contributed by atoms with van der Waals surface area (Å²) in [7, 11) is -3.53. The lowest BCUT2D eigenvalue weighted by molar-refractivity contribution is 0.0913.